The molecular weight excluding hydrogens is 331 g/mol. The van der Waals surface area contributed by atoms with Gasteiger partial charge in [-0.15, -0.1) is 0 Å². The third kappa shape index (κ3) is 3.24. The monoisotopic (exact) mass is 354 g/mol. The van der Waals surface area contributed by atoms with Crippen molar-refractivity contribution in [1.82, 2.24) is 15.1 Å². The molecule has 5 nitrogen and oxygen atoms in total. The molecule has 1 aromatic carbocycles. The fraction of sp³-hybridized carbons (Fsp3) is 0.350. The van der Waals surface area contributed by atoms with Gasteiger partial charge in [0.25, 0.3) is 0 Å². The molecule has 3 aliphatic rings. The van der Waals surface area contributed by atoms with Gasteiger partial charge in [0, 0.05) is 44.0 Å². The lowest BCUT2D eigenvalue weighted by atomic mass is 10.1. The first-order chi connectivity index (χ1) is 12.6. The average molecular weight is 354 g/mol. The van der Waals surface area contributed by atoms with Gasteiger partial charge in [0.15, 0.2) is 11.6 Å². The van der Waals surface area contributed by atoms with Crippen molar-refractivity contribution in [3.05, 3.63) is 59.7 Å². The molecular formula is C20H23FN4O. The quantitative estimate of drug-likeness (QED) is 0.906. The number of methoxy groups -OCH3 is 1. The van der Waals surface area contributed by atoms with Crippen molar-refractivity contribution in [2.24, 2.45) is 4.99 Å². The molecule has 1 atom stereocenters. The van der Waals surface area contributed by atoms with Crippen LogP contribution in [0.2, 0.25) is 0 Å². The molecule has 3 heterocycles. The number of allylic oxidation sites excluding steroid dienone is 1. The highest BCUT2D eigenvalue weighted by Crippen LogP contribution is 2.27. The predicted molar refractivity (Wildman–Crippen MR) is 101 cm³/mol. The first-order valence-electron chi connectivity index (χ1n) is 8.91. The molecule has 0 unspecified atom stereocenters. The molecule has 6 heteroatoms. The summed E-state index contributed by atoms with van der Waals surface area (Å²) >= 11 is 0. The van der Waals surface area contributed by atoms with Crippen molar-refractivity contribution in [3.8, 4) is 5.75 Å². The van der Waals surface area contributed by atoms with Gasteiger partial charge in [0.1, 0.15) is 5.84 Å². The zero-order valence-electron chi connectivity index (χ0n) is 15.1. The van der Waals surface area contributed by atoms with Crippen LogP contribution < -0.4 is 10.1 Å². The second kappa shape index (κ2) is 6.96. The summed E-state index contributed by atoms with van der Waals surface area (Å²) in [6.45, 7) is 5.93. The Hall–Kier alpha value is -2.60. The highest BCUT2D eigenvalue weighted by atomic mass is 19.1. The molecule has 4 rings (SSSR count). The van der Waals surface area contributed by atoms with Crippen LogP contribution in [0.5, 0.6) is 5.75 Å². The van der Waals surface area contributed by atoms with E-state index in [9.17, 15) is 4.39 Å². The Morgan fingerprint density at radius 1 is 1.31 bits per heavy atom. The first kappa shape index (κ1) is 16.8. The van der Waals surface area contributed by atoms with Gasteiger partial charge >= 0.3 is 0 Å². The smallest absolute Gasteiger partial charge is 0.165 e. The third-order valence-corrected chi connectivity index (χ3v) is 4.88. The second-order valence-electron chi connectivity index (χ2n) is 6.75. The largest absolute Gasteiger partial charge is 0.494 e. The Labute approximate surface area is 153 Å². The van der Waals surface area contributed by atoms with E-state index in [1.54, 1.807) is 6.07 Å². The van der Waals surface area contributed by atoms with Gasteiger partial charge in [0.05, 0.1) is 18.5 Å². The van der Waals surface area contributed by atoms with Gasteiger partial charge < -0.3 is 19.9 Å². The Bertz CT molecular complexity index is 827. The number of nitrogens with zero attached hydrogens (tertiary/aromatic N) is 3. The van der Waals surface area contributed by atoms with Crippen LogP contribution in [0.15, 0.2) is 53.3 Å². The summed E-state index contributed by atoms with van der Waals surface area (Å²) in [5.74, 6) is 0.753. The van der Waals surface area contributed by atoms with E-state index >= 15 is 0 Å². The minimum absolute atomic E-state index is 0.245. The number of amidine groups is 1. The van der Waals surface area contributed by atoms with E-state index in [1.165, 1.54) is 18.9 Å². The molecule has 0 amide bonds. The fourth-order valence-corrected chi connectivity index (χ4v) is 3.49. The molecule has 0 radical (unpaired) electrons. The summed E-state index contributed by atoms with van der Waals surface area (Å²) in [7, 11) is 1.46. The number of ether oxygens (including phenoxy) is 1. The van der Waals surface area contributed by atoms with E-state index in [0.717, 1.165) is 43.3 Å². The molecule has 0 aromatic heterocycles. The molecule has 1 aromatic rings. The molecule has 0 spiro atoms. The van der Waals surface area contributed by atoms with Gasteiger partial charge in [-0.1, -0.05) is 0 Å². The van der Waals surface area contributed by atoms with Gasteiger partial charge in [-0.2, -0.15) is 0 Å². The number of nitrogens with one attached hydrogen (secondary N) is 1. The highest BCUT2D eigenvalue weighted by Gasteiger charge is 2.22. The zero-order valence-corrected chi connectivity index (χ0v) is 15.1. The van der Waals surface area contributed by atoms with Crippen molar-refractivity contribution < 1.29 is 9.13 Å². The van der Waals surface area contributed by atoms with E-state index in [4.69, 9.17) is 9.73 Å². The van der Waals surface area contributed by atoms with Crippen LogP contribution in [0.25, 0.3) is 5.70 Å². The first-order valence-corrected chi connectivity index (χ1v) is 8.91. The van der Waals surface area contributed by atoms with Crippen LogP contribution in [0, 0.1) is 5.82 Å². The number of halogens is 1. The topological polar surface area (TPSA) is 40.1 Å². The van der Waals surface area contributed by atoms with Crippen LogP contribution >= 0.6 is 0 Å². The van der Waals surface area contributed by atoms with Crippen molar-refractivity contribution >= 4 is 11.5 Å². The summed E-state index contributed by atoms with van der Waals surface area (Å²) in [6.07, 6.45) is 8.33. The molecule has 0 bridgehead atoms. The van der Waals surface area contributed by atoms with Crippen molar-refractivity contribution in [3.63, 3.8) is 0 Å². The minimum atomic E-state index is -0.372. The summed E-state index contributed by atoms with van der Waals surface area (Å²) in [6, 6.07) is 5.44. The maximum atomic E-state index is 14.0. The zero-order chi connectivity index (χ0) is 18.1. The number of benzene rings is 1. The van der Waals surface area contributed by atoms with Crippen LogP contribution in [-0.2, 0) is 0 Å². The lowest BCUT2D eigenvalue weighted by Gasteiger charge is -2.37. The molecule has 1 N–H and O–H groups in total. The number of fused-ring (bicyclic) bond motifs is 1. The fourth-order valence-electron chi connectivity index (χ4n) is 3.49. The van der Waals surface area contributed by atoms with E-state index in [2.05, 4.69) is 34.3 Å². The van der Waals surface area contributed by atoms with Crippen LogP contribution in [-0.4, -0.2) is 55.0 Å². The standard InChI is InChI=1S/C20H23FN4O/c1-14-12-24(10-8-22-14)16-4-6-20-23-18(7-9-25(20)13-16)15-3-5-19(26-2)17(21)11-15/h3-7,11,13-14,22H,8-10,12H2,1-2H3/t14-/m1/s1. The maximum Gasteiger partial charge on any atom is 0.165 e. The summed E-state index contributed by atoms with van der Waals surface area (Å²) in [4.78, 5) is 9.22. The Kier molecular flexibility index (Phi) is 4.51. The van der Waals surface area contributed by atoms with Gasteiger partial charge in [-0.25, -0.2) is 9.38 Å². The Balaban J connectivity index is 1.52. The molecule has 26 heavy (non-hydrogen) atoms. The molecule has 0 saturated carbocycles. The maximum absolute atomic E-state index is 14.0. The highest BCUT2D eigenvalue weighted by molar-refractivity contribution is 6.00. The van der Waals surface area contributed by atoms with E-state index in [-0.39, 0.29) is 11.6 Å². The van der Waals surface area contributed by atoms with E-state index in [0.29, 0.717) is 6.04 Å². The molecule has 0 aliphatic carbocycles. The Morgan fingerprint density at radius 3 is 2.96 bits per heavy atom. The predicted octanol–water partition coefficient (Wildman–Crippen LogP) is 2.59. The van der Waals surface area contributed by atoms with Gasteiger partial charge in [-0.05, 0) is 43.4 Å². The van der Waals surface area contributed by atoms with E-state index in [1.807, 2.05) is 18.2 Å². The lowest BCUT2D eigenvalue weighted by molar-refractivity contribution is 0.258. The van der Waals surface area contributed by atoms with E-state index < -0.39 is 0 Å². The van der Waals surface area contributed by atoms with Crippen LogP contribution in [0.4, 0.5) is 4.39 Å². The molecule has 136 valence electrons. The van der Waals surface area contributed by atoms with Crippen molar-refractivity contribution in [2.75, 3.05) is 33.3 Å². The number of hydrogen-bond acceptors (Lipinski definition) is 5. The molecule has 1 fully saturated rings. The van der Waals surface area contributed by atoms with Gasteiger partial charge in [-0.3, -0.25) is 0 Å². The number of piperazine rings is 1. The third-order valence-electron chi connectivity index (χ3n) is 4.88. The number of rotatable bonds is 3. The normalized spacial score (nSPS) is 22.4. The van der Waals surface area contributed by atoms with Crippen LogP contribution in [0.1, 0.15) is 12.5 Å². The number of hydrogen-bond donors (Lipinski definition) is 1. The summed E-state index contributed by atoms with van der Waals surface area (Å²) in [5, 5.41) is 3.46. The summed E-state index contributed by atoms with van der Waals surface area (Å²) < 4.78 is 19.0. The van der Waals surface area contributed by atoms with Gasteiger partial charge in [0.2, 0.25) is 0 Å². The average Bonchev–Trinajstić information content (AvgIpc) is 2.67. The minimum Gasteiger partial charge on any atom is -0.494 e. The van der Waals surface area contributed by atoms with Crippen molar-refractivity contribution in [1.29, 1.82) is 0 Å². The Morgan fingerprint density at radius 2 is 2.19 bits per heavy atom. The SMILES string of the molecule is COc1ccc(C2=CCN3C=C(N4CCN[C@H](C)C4)C=CC3=N2)cc1F. The lowest BCUT2D eigenvalue weighted by Crippen LogP contribution is -2.49. The van der Waals surface area contributed by atoms with Crippen molar-refractivity contribution in [2.45, 2.75) is 13.0 Å². The number of aliphatic imine (C=N–C) groups is 1. The summed E-state index contributed by atoms with van der Waals surface area (Å²) in [5.41, 5.74) is 2.76. The molecule has 1 saturated heterocycles. The van der Waals surface area contributed by atoms with Crippen LogP contribution in [0.3, 0.4) is 0 Å². The second-order valence-corrected chi connectivity index (χ2v) is 6.75. The molecule has 3 aliphatic heterocycles.